The second kappa shape index (κ2) is 7.56. The Labute approximate surface area is 161 Å². The smallest absolute Gasteiger partial charge is 0.311 e. The van der Waals surface area contributed by atoms with E-state index in [9.17, 15) is 9.59 Å². The largest absolute Gasteiger partial charge is 0.464 e. The molecule has 1 atom stereocenters. The molecule has 0 aliphatic carbocycles. The van der Waals surface area contributed by atoms with Crippen LogP contribution in [-0.4, -0.2) is 18.0 Å². The Balaban J connectivity index is 1.48. The molecule has 0 saturated heterocycles. The third-order valence-corrected chi connectivity index (χ3v) is 4.59. The van der Waals surface area contributed by atoms with Crippen molar-refractivity contribution in [2.45, 2.75) is 19.4 Å². The summed E-state index contributed by atoms with van der Waals surface area (Å²) in [5, 5.41) is 5.72. The standard InChI is InChI=1S/C23H19NO4/c1-15(23(26)24-18-8-3-2-4-9-18)28-21(25)13-17-14-27-20-12-11-16-7-5-6-10-19(16)22(17)20/h2-12,14-15H,13H2,1H3,(H,24,26)/t15-/m1/s1. The molecule has 3 aromatic carbocycles. The number of rotatable bonds is 5. The molecule has 0 spiro atoms. The first-order chi connectivity index (χ1) is 13.6. The van der Waals surface area contributed by atoms with Gasteiger partial charge in [0.25, 0.3) is 5.91 Å². The van der Waals surface area contributed by atoms with Crippen LogP contribution in [0.15, 0.2) is 77.4 Å². The van der Waals surface area contributed by atoms with Crippen molar-refractivity contribution in [3.63, 3.8) is 0 Å². The van der Waals surface area contributed by atoms with E-state index in [1.165, 1.54) is 0 Å². The summed E-state index contributed by atoms with van der Waals surface area (Å²) >= 11 is 0. The number of para-hydroxylation sites is 1. The number of ether oxygens (including phenoxy) is 1. The zero-order valence-electron chi connectivity index (χ0n) is 15.3. The van der Waals surface area contributed by atoms with Crippen LogP contribution in [0.3, 0.4) is 0 Å². The van der Waals surface area contributed by atoms with Gasteiger partial charge in [-0.25, -0.2) is 0 Å². The fraction of sp³-hybridized carbons (Fsp3) is 0.130. The van der Waals surface area contributed by atoms with Crippen molar-refractivity contribution < 1.29 is 18.7 Å². The molecule has 1 N–H and O–H groups in total. The molecule has 4 rings (SSSR count). The van der Waals surface area contributed by atoms with Crippen LogP contribution in [0.4, 0.5) is 5.69 Å². The summed E-state index contributed by atoms with van der Waals surface area (Å²) in [5.74, 6) is -0.853. The number of furan rings is 1. The fourth-order valence-corrected chi connectivity index (χ4v) is 3.22. The molecule has 0 radical (unpaired) electrons. The summed E-state index contributed by atoms with van der Waals surface area (Å²) in [6.45, 7) is 1.55. The van der Waals surface area contributed by atoms with Crippen molar-refractivity contribution >= 4 is 39.3 Å². The molecule has 1 aromatic heterocycles. The van der Waals surface area contributed by atoms with Gasteiger partial charge in [0.15, 0.2) is 6.10 Å². The van der Waals surface area contributed by atoms with Gasteiger partial charge >= 0.3 is 5.97 Å². The Morgan fingerprint density at radius 1 is 1.00 bits per heavy atom. The van der Waals surface area contributed by atoms with E-state index >= 15 is 0 Å². The van der Waals surface area contributed by atoms with Crippen LogP contribution in [0.2, 0.25) is 0 Å². The highest BCUT2D eigenvalue weighted by molar-refractivity contribution is 6.08. The van der Waals surface area contributed by atoms with Crippen LogP contribution < -0.4 is 5.32 Å². The number of carbonyl (C=O) groups is 2. The molecule has 28 heavy (non-hydrogen) atoms. The molecule has 0 aliphatic heterocycles. The van der Waals surface area contributed by atoms with Gasteiger partial charge in [-0.3, -0.25) is 9.59 Å². The molecule has 5 nitrogen and oxygen atoms in total. The van der Waals surface area contributed by atoms with Gasteiger partial charge in [0, 0.05) is 16.6 Å². The second-order valence-corrected chi connectivity index (χ2v) is 6.58. The van der Waals surface area contributed by atoms with E-state index in [2.05, 4.69) is 5.32 Å². The van der Waals surface area contributed by atoms with Gasteiger partial charge in [-0.15, -0.1) is 0 Å². The number of anilines is 1. The molecule has 140 valence electrons. The minimum atomic E-state index is -0.900. The Bertz CT molecular complexity index is 1150. The summed E-state index contributed by atoms with van der Waals surface area (Å²) < 4.78 is 10.9. The lowest BCUT2D eigenvalue weighted by atomic mass is 10.0. The third-order valence-electron chi connectivity index (χ3n) is 4.59. The number of fused-ring (bicyclic) bond motifs is 3. The first kappa shape index (κ1) is 17.8. The maximum absolute atomic E-state index is 12.4. The molecule has 0 saturated carbocycles. The monoisotopic (exact) mass is 373 g/mol. The predicted molar refractivity (Wildman–Crippen MR) is 108 cm³/mol. The first-order valence-electron chi connectivity index (χ1n) is 9.05. The van der Waals surface area contributed by atoms with Gasteiger partial charge in [0.1, 0.15) is 5.58 Å². The lowest BCUT2D eigenvalue weighted by molar-refractivity contribution is -0.152. The highest BCUT2D eigenvalue weighted by atomic mass is 16.5. The van der Waals surface area contributed by atoms with E-state index in [1.807, 2.05) is 54.6 Å². The van der Waals surface area contributed by atoms with E-state index in [1.54, 1.807) is 25.3 Å². The topological polar surface area (TPSA) is 68.5 Å². The predicted octanol–water partition coefficient (Wildman–Crippen LogP) is 4.70. The second-order valence-electron chi connectivity index (χ2n) is 6.58. The van der Waals surface area contributed by atoms with Crippen molar-refractivity contribution in [1.29, 1.82) is 0 Å². The minimum Gasteiger partial charge on any atom is -0.464 e. The number of hydrogen-bond acceptors (Lipinski definition) is 4. The maximum Gasteiger partial charge on any atom is 0.311 e. The van der Waals surface area contributed by atoms with E-state index < -0.39 is 12.1 Å². The van der Waals surface area contributed by atoms with Gasteiger partial charge in [0.2, 0.25) is 0 Å². The van der Waals surface area contributed by atoms with Crippen molar-refractivity contribution in [2.24, 2.45) is 0 Å². The van der Waals surface area contributed by atoms with E-state index in [-0.39, 0.29) is 12.3 Å². The van der Waals surface area contributed by atoms with Gasteiger partial charge in [-0.1, -0.05) is 48.5 Å². The summed E-state index contributed by atoms with van der Waals surface area (Å²) in [4.78, 5) is 24.6. The van der Waals surface area contributed by atoms with Crippen LogP contribution in [0.1, 0.15) is 12.5 Å². The lowest BCUT2D eigenvalue weighted by Crippen LogP contribution is -2.30. The number of amides is 1. The SMILES string of the molecule is C[C@@H](OC(=O)Cc1coc2ccc3ccccc3c12)C(=O)Nc1ccccc1. The molecular weight excluding hydrogens is 354 g/mol. The van der Waals surface area contributed by atoms with E-state index in [0.717, 1.165) is 27.3 Å². The van der Waals surface area contributed by atoms with Crippen molar-refractivity contribution in [3.8, 4) is 0 Å². The minimum absolute atomic E-state index is 0.0317. The number of esters is 1. The number of benzene rings is 3. The van der Waals surface area contributed by atoms with E-state index in [0.29, 0.717) is 5.69 Å². The van der Waals surface area contributed by atoms with Crippen LogP contribution >= 0.6 is 0 Å². The van der Waals surface area contributed by atoms with Gasteiger partial charge in [0.05, 0.1) is 12.7 Å². The van der Waals surface area contributed by atoms with Crippen LogP contribution in [0.25, 0.3) is 21.7 Å². The number of carbonyl (C=O) groups excluding carboxylic acids is 2. The third kappa shape index (κ3) is 3.60. The van der Waals surface area contributed by atoms with Gasteiger partial charge < -0.3 is 14.5 Å². The molecular formula is C23H19NO4. The highest BCUT2D eigenvalue weighted by Crippen LogP contribution is 2.30. The van der Waals surface area contributed by atoms with Crippen LogP contribution in [0, 0.1) is 0 Å². The highest BCUT2D eigenvalue weighted by Gasteiger charge is 2.20. The Morgan fingerprint density at radius 3 is 2.57 bits per heavy atom. The average Bonchev–Trinajstić information content (AvgIpc) is 3.12. The quantitative estimate of drug-likeness (QED) is 0.515. The number of hydrogen-bond donors (Lipinski definition) is 1. The molecule has 0 bridgehead atoms. The van der Waals surface area contributed by atoms with Crippen molar-refractivity contribution in [1.82, 2.24) is 0 Å². The molecule has 1 amide bonds. The summed E-state index contributed by atoms with van der Waals surface area (Å²) in [5.41, 5.74) is 2.12. The van der Waals surface area contributed by atoms with Crippen LogP contribution in [0.5, 0.6) is 0 Å². The Morgan fingerprint density at radius 2 is 1.75 bits per heavy atom. The van der Waals surface area contributed by atoms with E-state index in [4.69, 9.17) is 9.15 Å². The van der Waals surface area contributed by atoms with Gasteiger partial charge in [-0.2, -0.15) is 0 Å². The molecule has 4 aromatic rings. The molecule has 0 fully saturated rings. The zero-order valence-corrected chi connectivity index (χ0v) is 15.3. The first-order valence-corrected chi connectivity index (χ1v) is 9.05. The maximum atomic E-state index is 12.4. The summed E-state index contributed by atoms with van der Waals surface area (Å²) in [7, 11) is 0. The molecule has 0 aliphatic rings. The summed E-state index contributed by atoms with van der Waals surface area (Å²) in [6.07, 6.45) is 0.708. The number of nitrogens with one attached hydrogen (secondary N) is 1. The molecule has 1 heterocycles. The van der Waals surface area contributed by atoms with Crippen molar-refractivity contribution in [2.75, 3.05) is 5.32 Å². The fourth-order valence-electron chi connectivity index (χ4n) is 3.22. The zero-order chi connectivity index (χ0) is 19.5. The molecule has 0 unspecified atom stereocenters. The lowest BCUT2D eigenvalue weighted by Gasteiger charge is -2.13. The Kier molecular flexibility index (Phi) is 4.81. The van der Waals surface area contributed by atoms with Crippen molar-refractivity contribution in [3.05, 3.63) is 78.6 Å². The van der Waals surface area contributed by atoms with Gasteiger partial charge in [-0.05, 0) is 35.9 Å². The summed E-state index contributed by atoms with van der Waals surface area (Å²) in [6, 6.07) is 20.9. The average molecular weight is 373 g/mol. The Hall–Kier alpha value is -3.60. The molecule has 5 heteroatoms. The normalized spacial score (nSPS) is 12.0. The van der Waals surface area contributed by atoms with Crippen LogP contribution in [-0.2, 0) is 20.7 Å².